The zero-order chi connectivity index (χ0) is 19.1. The van der Waals surface area contributed by atoms with Crippen LogP contribution in [0.2, 0.25) is 0 Å². The van der Waals surface area contributed by atoms with Gasteiger partial charge in [0.15, 0.2) is 16.7 Å². The second-order valence-electron chi connectivity index (χ2n) is 6.20. The van der Waals surface area contributed by atoms with Crippen molar-refractivity contribution in [2.75, 3.05) is 13.2 Å². The third-order valence-corrected chi connectivity index (χ3v) is 5.34. The van der Waals surface area contributed by atoms with Gasteiger partial charge in [-0.3, -0.25) is 20.4 Å². The van der Waals surface area contributed by atoms with Gasteiger partial charge in [-0.05, 0) is 30.3 Å². The molecule has 0 aliphatic carbocycles. The Kier molecular flexibility index (Phi) is 5.20. The second kappa shape index (κ2) is 7.80. The molecular weight excluding hydrogens is 460 g/mol. The van der Waals surface area contributed by atoms with Gasteiger partial charge in [-0.25, -0.2) is 0 Å². The van der Waals surface area contributed by atoms with Crippen LogP contribution in [0, 0.1) is 10.1 Å². The molecule has 0 fully saturated rings. The minimum absolute atomic E-state index is 0. The van der Waals surface area contributed by atoms with Crippen molar-refractivity contribution in [1.29, 1.82) is 0 Å². The van der Waals surface area contributed by atoms with Crippen molar-refractivity contribution in [1.82, 2.24) is 10.3 Å². The van der Waals surface area contributed by atoms with Crippen molar-refractivity contribution >= 4 is 51.0 Å². The molecule has 0 bridgehead atoms. The van der Waals surface area contributed by atoms with Gasteiger partial charge in [0.05, 0.1) is 16.3 Å². The maximum atomic E-state index is 10.9. The number of nitro groups is 1. The summed E-state index contributed by atoms with van der Waals surface area (Å²) in [5.74, 6) is 1.48. The van der Waals surface area contributed by atoms with Gasteiger partial charge in [0.1, 0.15) is 13.2 Å². The maximum Gasteiger partial charge on any atom is 0.269 e. The number of benzene rings is 2. The third kappa shape index (κ3) is 3.56. The number of nitrogens with one attached hydrogen (secondary N) is 1. The smallest absolute Gasteiger partial charge is 0.269 e. The van der Waals surface area contributed by atoms with Crippen LogP contribution in [-0.2, 0) is 0 Å². The first-order chi connectivity index (χ1) is 13.7. The Morgan fingerprint density at radius 2 is 1.79 bits per heavy atom. The first-order valence-corrected chi connectivity index (χ1v) is 9.43. The quantitative estimate of drug-likeness (QED) is 0.527. The first-order valence-electron chi connectivity index (χ1n) is 8.55. The first kappa shape index (κ1) is 19.3. The van der Waals surface area contributed by atoms with Crippen LogP contribution < -0.4 is 14.9 Å². The van der Waals surface area contributed by atoms with Gasteiger partial charge >= 0.3 is 0 Å². The van der Waals surface area contributed by atoms with Crippen LogP contribution in [0.15, 0.2) is 59.2 Å². The van der Waals surface area contributed by atoms with Crippen molar-refractivity contribution in [3.8, 4) is 11.5 Å². The molecule has 2 aromatic rings. The van der Waals surface area contributed by atoms with Gasteiger partial charge in [0.25, 0.3) is 5.69 Å². The van der Waals surface area contributed by atoms with E-state index in [1.54, 1.807) is 12.1 Å². The summed E-state index contributed by atoms with van der Waals surface area (Å²) in [6, 6.07) is 12.2. The van der Waals surface area contributed by atoms with Gasteiger partial charge < -0.3 is 9.47 Å². The average Bonchev–Trinajstić information content (AvgIpc) is 3.16. The van der Waals surface area contributed by atoms with Crippen LogP contribution in [0.25, 0.3) is 11.4 Å². The number of ether oxygens (including phenoxy) is 2. The summed E-state index contributed by atoms with van der Waals surface area (Å²) in [4.78, 5) is 12.4. The molecule has 3 heterocycles. The molecule has 3 aliphatic heterocycles. The average molecular weight is 475 g/mol. The van der Waals surface area contributed by atoms with Crippen molar-refractivity contribution in [3.63, 3.8) is 0 Å². The number of non-ortho nitro benzene ring substituents is 1. The van der Waals surface area contributed by atoms with Crippen LogP contribution in [-0.4, -0.2) is 28.2 Å². The molecule has 8 nitrogen and oxygen atoms in total. The molecule has 148 valence electrons. The fourth-order valence-electron chi connectivity index (χ4n) is 3.11. The molecule has 0 atom stereocenters. The fraction of sp³-hybridized carbons (Fsp3) is 0.105. The summed E-state index contributed by atoms with van der Waals surface area (Å²) in [6.07, 6.45) is 1.94. The van der Waals surface area contributed by atoms with Crippen molar-refractivity contribution in [2.24, 2.45) is 5.10 Å². The number of nitrogens with zero attached hydrogens (tertiary/aromatic N) is 3. The molecule has 0 amide bonds. The number of hydrogen-bond acceptors (Lipinski definition) is 8. The normalized spacial score (nSPS) is 16.6. The molecule has 3 aliphatic rings. The Labute approximate surface area is 180 Å². The Hall–Kier alpha value is -2.98. The van der Waals surface area contributed by atoms with Crippen molar-refractivity contribution in [2.45, 2.75) is 0 Å². The number of thioether (sulfide) groups is 1. The van der Waals surface area contributed by atoms with Crippen LogP contribution in [0.4, 0.5) is 5.69 Å². The topological polar surface area (TPSA) is 89.2 Å². The lowest BCUT2D eigenvalue weighted by Gasteiger charge is -2.25. The zero-order valence-corrected chi connectivity index (χ0v) is 17.4. The van der Waals surface area contributed by atoms with E-state index in [0.29, 0.717) is 13.2 Å². The highest BCUT2D eigenvalue weighted by atomic mass is 79.9. The van der Waals surface area contributed by atoms with Gasteiger partial charge in [0.2, 0.25) is 0 Å². The predicted octanol–water partition coefficient (Wildman–Crippen LogP) is 4.16. The Bertz CT molecular complexity index is 1070. The Balaban J connectivity index is 0.00000205. The van der Waals surface area contributed by atoms with E-state index >= 15 is 0 Å². The van der Waals surface area contributed by atoms with E-state index < -0.39 is 4.92 Å². The lowest BCUT2D eigenvalue weighted by atomic mass is 10.1. The van der Waals surface area contributed by atoms with E-state index in [1.165, 1.54) is 23.9 Å². The third-order valence-electron chi connectivity index (χ3n) is 4.50. The van der Waals surface area contributed by atoms with E-state index in [2.05, 4.69) is 10.5 Å². The molecule has 2 aromatic carbocycles. The molecule has 0 spiro atoms. The van der Waals surface area contributed by atoms with Gasteiger partial charge in [-0.15, -0.1) is 22.1 Å². The van der Waals surface area contributed by atoms with Crippen molar-refractivity contribution < 1.29 is 14.4 Å². The Morgan fingerprint density at radius 1 is 1.07 bits per heavy atom. The lowest BCUT2D eigenvalue weighted by molar-refractivity contribution is -0.384. The van der Waals surface area contributed by atoms with E-state index in [0.717, 1.165) is 39.2 Å². The lowest BCUT2D eigenvalue weighted by Crippen LogP contribution is -2.26. The number of hydrazone groups is 1. The summed E-state index contributed by atoms with van der Waals surface area (Å²) in [5, 5.41) is 18.1. The summed E-state index contributed by atoms with van der Waals surface area (Å²) >= 11 is 1.52. The van der Waals surface area contributed by atoms with Crippen LogP contribution in [0.5, 0.6) is 11.5 Å². The fourth-order valence-corrected chi connectivity index (χ4v) is 3.94. The molecule has 0 unspecified atom stereocenters. The van der Waals surface area contributed by atoms with Crippen LogP contribution in [0.3, 0.4) is 0 Å². The molecule has 1 N–H and O–H groups in total. The number of halogens is 1. The van der Waals surface area contributed by atoms with E-state index in [-0.39, 0.29) is 22.7 Å². The molecular formula is C19H15BrN4O4S. The highest BCUT2D eigenvalue weighted by Gasteiger charge is 2.27. The molecule has 29 heavy (non-hydrogen) atoms. The highest BCUT2D eigenvalue weighted by molar-refractivity contribution is 8.93. The van der Waals surface area contributed by atoms with Crippen LogP contribution >= 0.6 is 28.7 Å². The SMILES string of the molecule is Br.O=[N+]([O-])c1ccc(C2=CN3C(c4ccc5c(c4)OCCO5)=CSC3=NN2)cc1. The number of hydrogen-bond donors (Lipinski definition) is 1. The largest absolute Gasteiger partial charge is 0.486 e. The van der Waals surface area contributed by atoms with Crippen LogP contribution in [0.1, 0.15) is 11.1 Å². The summed E-state index contributed by atoms with van der Waals surface area (Å²) < 4.78 is 11.3. The molecule has 0 saturated carbocycles. The van der Waals surface area contributed by atoms with E-state index in [4.69, 9.17) is 9.47 Å². The maximum absolute atomic E-state index is 10.9. The van der Waals surface area contributed by atoms with E-state index in [1.807, 2.05) is 34.7 Å². The zero-order valence-electron chi connectivity index (χ0n) is 14.9. The molecule has 0 aromatic heterocycles. The summed E-state index contributed by atoms with van der Waals surface area (Å²) in [5.41, 5.74) is 6.60. The highest BCUT2D eigenvalue weighted by Crippen LogP contribution is 2.40. The summed E-state index contributed by atoms with van der Waals surface area (Å²) in [6.45, 7) is 1.09. The van der Waals surface area contributed by atoms with Crippen molar-refractivity contribution in [3.05, 3.63) is 75.3 Å². The molecule has 0 saturated heterocycles. The van der Waals surface area contributed by atoms with Gasteiger partial charge in [0, 0.05) is 34.9 Å². The number of rotatable bonds is 3. The minimum Gasteiger partial charge on any atom is -0.486 e. The van der Waals surface area contributed by atoms with E-state index in [9.17, 15) is 10.1 Å². The van der Waals surface area contributed by atoms with Gasteiger partial charge in [-0.1, -0.05) is 11.8 Å². The minimum atomic E-state index is -0.414. The number of fused-ring (bicyclic) bond motifs is 2. The molecule has 5 rings (SSSR count). The Morgan fingerprint density at radius 3 is 2.55 bits per heavy atom. The molecule has 0 radical (unpaired) electrons. The monoisotopic (exact) mass is 474 g/mol. The standard InChI is InChI=1S/C19H14N4O4S.BrH/c24-23(25)14-4-1-12(2-5-14)15-10-22-16(11-28-19(22)21-20-15)13-3-6-17-18(9-13)27-8-7-26-17;/h1-6,9-11,20H,7-8H2;1H. The molecule has 10 heteroatoms. The summed E-state index contributed by atoms with van der Waals surface area (Å²) in [7, 11) is 0. The number of amidine groups is 1. The second-order valence-corrected chi connectivity index (χ2v) is 7.04. The van der Waals surface area contributed by atoms with Gasteiger partial charge in [-0.2, -0.15) is 0 Å². The predicted molar refractivity (Wildman–Crippen MR) is 117 cm³/mol. The number of nitro benzene ring substituents is 1.